The second-order valence-electron chi connectivity index (χ2n) is 7.33. The Labute approximate surface area is 177 Å². The molecule has 8 heteroatoms. The standard InChI is InChI=1S/C21H21N5OS2/c1-13-5-7-15(8-6-13)20-24-23-19(27-20)14(2)29-21-25-22-18(26(21)16-9-10-16)12-17-4-3-11-28-17/h3-8,11,14,16H,9-10,12H2,1-2H3/t14-/m0/s1. The van der Waals surface area contributed by atoms with E-state index in [1.807, 2.05) is 24.3 Å². The number of rotatable bonds is 7. The molecule has 148 valence electrons. The number of benzene rings is 1. The van der Waals surface area contributed by atoms with E-state index in [4.69, 9.17) is 4.42 Å². The smallest absolute Gasteiger partial charge is 0.247 e. The first-order valence-corrected chi connectivity index (χ1v) is 11.5. The van der Waals surface area contributed by atoms with Crippen molar-refractivity contribution < 1.29 is 4.42 Å². The lowest BCUT2D eigenvalue weighted by Crippen LogP contribution is -2.04. The lowest BCUT2D eigenvalue weighted by molar-refractivity contribution is 0.508. The highest BCUT2D eigenvalue weighted by Gasteiger charge is 2.31. The van der Waals surface area contributed by atoms with Crippen LogP contribution in [-0.2, 0) is 6.42 Å². The molecule has 5 rings (SSSR count). The van der Waals surface area contributed by atoms with Gasteiger partial charge in [0, 0.05) is 22.9 Å². The van der Waals surface area contributed by atoms with Crippen molar-refractivity contribution in [3.8, 4) is 11.5 Å². The van der Waals surface area contributed by atoms with E-state index in [0.717, 1.165) is 23.0 Å². The zero-order valence-corrected chi connectivity index (χ0v) is 17.9. The molecular weight excluding hydrogens is 402 g/mol. The molecule has 1 saturated carbocycles. The van der Waals surface area contributed by atoms with Crippen LogP contribution in [-0.4, -0.2) is 25.0 Å². The molecule has 1 atom stereocenters. The minimum absolute atomic E-state index is 0.00186. The molecule has 4 aromatic rings. The van der Waals surface area contributed by atoms with E-state index in [0.29, 0.717) is 17.8 Å². The maximum atomic E-state index is 5.95. The number of hydrogen-bond donors (Lipinski definition) is 0. The Bertz CT molecular complexity index is 1100. The van der Waals surface area contributed by atoms with E-state index in [9.17, 15) is 0 Å². The SMILES string of the molecule is Cc1ccc(-c2nnc([C@H](C)Sc3nnc(Cc4cccs4)n3C3CC3)o2)cc1. The average Bonchev–Trinajstić information content (AvgIpc) is 3.13. The van der Waals surface area contributed by atoms with Crippen LogP contribution in [0.1, 0.15) is 53.2 Å². The Morgan fingerprint density at radius 1 is 1.14 bits per heavy atom. The van der Waals surface area contributed by atoms with E-state index in [1.54, 1.807) is 23.1 Å². The van der Waals surface area contributed by atoms with E-state index in [-0.39, 0.29) is 5.25 Å². The van der Waals surface area contributed by atoms with Crippen LogP contribution in [0.25, 0.3) is 11.5 Å². The van der Waals surface area contributed by atoms with Crippen molar-refractivity contribution >= 4 is 23.1 Å². The Kier molecular flexibility index (Phi) is 4.97. The summed E-state index contributed by atoms with van der Waals surface area (Å²) in [5, 5.41) is 20.5. The van der Waals surface area contributed by atoms with Crippen LogP contribution in [0.3, 0.4) is 0 Å². The van der Waals surface area contributed by atoms with Crippen LogP contribution in [0, 0.1) is 6.92 Å². The fraction of sp³-hybridized carbons (Fsp3) is 0.333. The highest BCUT2D eigenvalue weighted by Crippen LogP contribution is 2.42. The summed E-state index contributed by atoms with van der Waals surface area (Å²) in [5.74, 6) is 2.20. The van der Waals surface area contributed by atoms with Crippen molar-refractivity contribution in [3.63, 3.8) is 0 Å². The molecule has 6 nitrogen and oxygen atoms in total. The first kappa shape index (κ1) is 18.6. The minimum Gasteiger partial charge on any atom is -0.419 e. The summed E-state index contributed by atoms with van der Waals surface area (Å²) in [5.41, 5.74) is 2.14. The van der Waals surface area contributed by atoms with Gasteiger partial charge < -0.3 is 8.98 Å². The molecular formula is C21H21N5OS2. The summed E-state index contributed by atoms with van der Waals surface area (Å²) in [6.07, 6.45) is 3.21. The lowest BCUT2D eigenvalue weighted by atomic mass is 10.1. The number of aromatic nitrogens is 5. The predicted molar refractivity (Wildman–Crippen MR) is 114 cm³/mol. The third kappa shape index (κ3) is 4.00. The van der Waals surface area contributed by atoms with E-state index < -0.39 is 0 Å². The number of hydrogen-bond acceptors (Lipinski definition) is 7. The van der Waals surface area contributed by atoms with Gasteiger partial charge in [-0.15, -0.1) is 31.7 Å². The fourth-order valence-electron chi connectivity index (χ4n) is 3.20. The second kappa shape index (κ2) is 7.76. The largest absolute Gasteiger partial charge is 0.419 e. The normalized spacial score (nSPS) is 15.0. The molecule has 0 amide bonds. The zero-order chi connectivity index (χ0) is 19.8. The summed E-state index contributed by atoms with van der Waals surface area (Å²) in [4.78, 5) is 1.31. The van der Waals surface area contributed by atoms with Gasteiger partial charge in [0.05, 0.1) is 5.25 Å². The van der Waals surface area contributed by atoms with Crippen molar-refractivity contribution in [1.82, 2.24) is 25.0 Å². The Morgan fingerprint density at radius 3 is 2.69 bits per heavy atom. The topological polar surface area (TPSA) is 69.6 Å². The molecule has 0 aliphatic heterocycles. The van der Waals surface area contributed by atoms with Gasteiger partial charge >= 0.3 is 0 Å². The first-order chi connectivity index (χ1) is 14.2. The van der Waals surface area contributed by atoms with Crippen LogP contribution < -0.4 is 0 Å². The predicted octanol–water partition coefficient (Wildman–Crippen LogP) is 5.48. The molecule has 1 fully saturated rings. The Balaban J connectivity index is 1.35. The van der Waals surface area contributed by atoms with Crippen molar-refractivity contribution in [1.29, 1.82) is 0 Å². The quantitative estimate of drug-likeness (QED) is 0.367. The summed E-state index contributed by atoms with van der Waals surface area (Å²) < 4.78 is 8.26. The molecule has 0 unspecified atom stereocenters. The highest BCUT2D eigenvalue weighted by atomic mass is 32.2. The van der Waals surface area contributed by atoms with Crippen molar-refractivity contribution in [2.45, 2.75) is 49.6 Å². The molecule has 0 N–H and O–H groups in total. The number of thioether (sulfide) groups is 1. The van der Waals surface area contributed by atoms with Gasteiger partial charge in [0.15, 0.2) is 5.16 Å². The molecule has 3 aromatic heterocycles. The van der Waals surface area contributed by atoms with Crippen LogP contribution in [0.15, 0.2) is 51.4 Å². The average molecular weight is 424 g/mol. The van der Waals surface area contributed by atoms with Crippen molar-refractivity contribution in [3.05, 3.63) is 63.9 Å². The maximum Gasteiger partial charge on any atom is 0.247 e. The summed E-state index contributed by atoms with van der Waals surface area (Å²) in [6.45, 7) is 4.13. The van der Waals surface area contributed by atoms with E-state index >= 15 is 0 Å². The molecule has 0 saturated heterocycles. The monoisotopic (exact) mass is 423 g/mol. The molecule has 0 spiro atoms. The molecule has 0 bridgehead atoms. The number of aryl methyl sites for hydroxylation is 1. The Hall–Kier alpha value is -2.45. The van der Waals surface area contributed by atoms with Crippen LogP contribution in [0.4, 0.5) is 0 Å². The van der Waals surface area contributed by atoms with Crippen LogP contribution in [0.5, 0.6) is 0 Å². The summed E-state index contributed by atoms with van der Waals surface area (Å²) in [7, 11) is 0. The maximum absolute atomic E-state index is 5.95. The molecule has 0 radical (unpaired) electrons. The number of thiophene rings is 1. The van der Waals surface area contributed by atoms with Crippen molar-refractivity contribution in [2.75, 3.05) is 0 Å². The second-order valence-corrected chi connectivity index (χ2v) is 9.67. The van der Waals surface area contributed by atoms with Crippen molar-refractivity contribution in [2.24, 2.45) is 0 Å². The summed E-state index contributed by atoms with van der Waals surface area (Å²) in [6, 6.07) is 12.8. The molecule has 29 heavy (non-hydrogen) atoms. The third-order valence-corrected chi connectivity index (χ3v) is 6.85. The molecule has 1 aliphatic carbocycles. The van der Waals surface area contributed by atoms with Gasteiger partial charge in [0.2, 0.25) is 11.8 Å². The van der Waals surface area contributed by atoms with Gasteiger partial charge in [0.1, 0.15) is 5.82 Å². The number of nitrogens with zero attached hydrogens (tertiary/aromatic N) is 5. The molecule has 3 heterocycles. The van der Waals surface area contributed by atoms with E-state index in [1.165, 1.54) is 23.3 Å². The highest BCUT2D eigenvalue weighted by molar-refractivity contribution is 7.99. The third-order valence-electron chi connectivity index (χ3n) is 4.93. The lowest BCUT2D eigenvalue weighted by Gasteiger charge is -2.10. The fourth-order valence-corrected chi connectivity index (χ4v) is 4.87. The molecule has 1 aromatic carbocycles. The van der Waals surface area contributed by atoms with Gasteiger partial charge in [-0.3, -0.25) is 0 Å². The molecule has 1 aliphatic rings. The zero-order valence-electron chi connectivity index (χ0n) is 16.3. The minimum atomic E-state index is -0.00186. The van der Waals surface area contributed by atoms with Gasteiger partial charge in [-0.05, 0) is 50.3 Å². The van der Waals surface area contributed by atoms with Crippen LogP contribution in [0.2, 0.25) is 0 Å². The van der Waals surface area contributed by atoms with E-state index in [2.05, 4.69) is 56.3 Å². The van der Waals surface area contributed by atoms with Gasteiger partial charge in [-0.25, -0.2) is 0 Å². The Morgan fingerprint density at radius 2 is 1.97 bits per heavy atom. The van der Waals surface area contributed by atoms with Gasteiger partial charge in [-0.2, -0.15) is 0 Å². The van der Waals surface area contributed by atoms with Gasteiger partial charge in [-0.1, -0.05) is 35.5 Å². The van der Waals surface area contributed by atoms with Crippen LogP contribution >= 0.6 is 23.1 Å². The first-order valence-electron chi connectivity index (χ1n) is 9.70. The van der Waals surface area contributed by atoms with Gasteiger partial charge in [0.25, 0.3) is 0 Å². The summed E-state index contributed by atoms with van der Waals surface area (Å²) >= 11 is 3.39.